The van der Waals surface area contributed by atoms with Crippen LogP contribution >= 0.6 is 0 Å². The van der Waals surface area contributed by atoms with Gasteiger partial charge in [-0.2, -0.15) is 0 Å². The van der Waals surface area contributed by atoms with Gasteiger partial charge >= 0.3 is 0 Å². The average Bonchev–Trinajstić information content (AvgIpc) is 2.81. The number of aromatic nitrogens is 1. The van der Waals surface area contributed by atoms with Gasteiger partial charge in [0.2, 0.25) is 0 Å². The highest BCUT2D eigenvalue weighted by molar-refractivity contribution is 5.95. The van der Waals surface area contributed by atoms with Crippen molar-refractivity contribution in [3.63, 3.8) is 0 Å². The van der Waals surface area contributed by atoms with E-state index >= 15 is 0 Å². The number of nitrogens with one attached hydrogen (secondary N) is 1. The maximum atomic E-state index is 12.5. The van der Waals surface area contributed by atoms with Gasteiger partial charge in [0.05, 0.1) is 5.56 Å². The lowest BCUT2D eigenvalue weighted by Crippen LogP contribution is -2.32. The molecule has 1 amide bonds. The van der Waals surface area contributed by atoms with Gasteiger partial charge < -0.3 is 15.0 Å². The lowest BCUT2D eigenvalue weighted by atomic mass is 10.0. The summed E-state index contributed by atoms with van der Waals surface area (Å²) in [6, 6.07) is 12.0. The van der Waals surface area contributed by atoms with Crippen molar-refractivity contribution in [2.45, 2.75) is 47.5 Å². The number of aryl methyl sites for hydroxylation is 1. The van der Waals surface area contributed by atoms with Crippen LogP contribution in [0.1, 0.15) is 56.5 Å². The second-order valence-corrected chi connectivity index (χ2v) is 6.52. The third-order valence-corrected chi connectivity index (χ3v) is 4.72. The Bertz CT molecular complexity index is 713. The summed E-state index contributed by atoms with van der Waals surface area (Å²) < 4.78 is 5.35. The largest absolute Gasteiger partial charge is 0.381 e. The number of hydrogen-bond donors (Lipinski definition) is 1. The molecule has 1 saturated heterocycles. The van der Waals surface area contributed by atoms with Crippen LogP contribution in [0.15, 0.2) is 42.6 Å². The van der Waals surface area contributed by atoms with E-state index in [9.17, 15) is 4.79 Å². The first-order chi connectivity index (χ1) is 14.1. The van der Waals surface area contributed by atoms with Gasteiger partial charge in [0.25, 0.3) is 5.91 Å². The van der Waals surface area contributed by atoms with Crippen LogP contribution in [0.3, 0.4) is 0 Å². The van der Waals surface area contributed by atoms with Crippen molar-refractivity contribution < 1.29 is 9.53 Å². The third-order valence-electron chi connectivity index (χ3n) is 4.72. The Morgan fingerprint density at radius 3 is 2.34 bits per heavy atom. The lowest BCUT2D eigenvalue weighted by molar-refractivity contribution is 0.0642. The van der Waals surface area contributed by atoms with Gasteiger partial charge in [0.1, 0.15) is 5.82 Å². The summed E-state index contributed by atoms with van der Waals surface area (Å²) in [5, 5.41) is 3.04. The summed E-state index contributed by atoms with van der Waals surface area (Å²) in [5.74, 6) is 1.28. The van der Waals surface area contributed by atoms with E-state index in [1.807, 2.05) is 83.0 Å². The third kappa shape index (κ3) is 7.50. The maximum Gasteiger partial charge on any atom is 0.253 e. The monoisotopic (exact) mass is 399 g/mol. The number of pyridine rings is 1. The second kappa shape index (κ2) is 13.7. The van der Waals surface area contributed by atoms with Crippen molar-refractivity contribution in [1.82, 2.24) is 10.3 Å². The predicted molar refractivity (Wildman–Crippen MR) is 122 cm³/mol. The van der Waals surface area contributed by atoms with Gasteiger partial charge in [0, 0.05) is 38.7 Å². The molecule has 0 spiro atoms. The van der Waals surface area contributed by atoms with Crippen LogP contribution in [0.2, 0.25) is 0 Å². The molecule has 1 aliphatic heterocycles. The van der Waals surface area contributed by atoms with Crippen molar-refractivity contribution in [2.24, 2.45) is 5.92 Å². The number of hydrogen-bond acceptors (Lipinski definition) is 4. The average molecular weight is 400 g/mol. The molecular formula is C24H37N3O2. The summed E-state index contributed by atoms with van der Waals surface area (Å²) in [6.45, 7) is 12.2. The van der Waals surface area contributed by atoms with Crippen LogP contribution in [-0.4, -0.2) is 37.7 Å². The minimum atomic E-state index is -0.0505. The number of amides is 1. The number of rotatable bonds is 5. The highest BCUT2D eigenvalue weighted by Gasteiger charge is 2.17. The van der Waals surface area contributed by atoms with Gasteiger partial charge in [-0.15, -0.1) is 0 Å². The highest BCUT2D eigenvalue weighted by atomic mass is 16.5. The standard InChI is InChI=1S/C20H25N3O2.2C2H6/c1-15-12-19(23(2)17-6-4-3-5-7-17)21-14-18(15)20(24)22-13-16-8-10-25-11-9-16;2*1-2/h3-7,12,14,16H,8-11,13H2,1-2H3,(H,22,24);2*1-2H3. The van der Waals surface area contributed by atoms with Crippen molar-refractivity contribution in [3.05, 3.63) is 53.7 Å². The maximum absolute atomic E-state index is 12.5. The van der Waals surface area contributed by atoms with E-state index in [-0.39, 0.29) is 5.91 Å². The molecule has 160 valence electrons. The van der Waals surface area contributed by atoms with E-state index in [1.54, 1.807) is 6.20 Å². The highest BCUT2D eigenvalue weighted by Crippen LogP contribution is 2.23. The zero-order valence-electron chi connectivity index (χ0n) is 18.9. The molecule has 3 rings (SSSR count). The molecule has 2 aromatic rings. The fourth-order valence-corrected chi connectivity index (χ4v) is 3.03. The van der Waals surface area contributed by atoms with Crippen LogP contribution in [0.25, 0.3) is 0 Å². The van der Waals surface area contributed by atoms with Crippen LogP contribution in [0.5, 0.6) is 0 Å². The van der Waals surface area contributed by atoms with Gasteiger partial charge in [-0.05, 0) is 49.4 Å². The molecule has 1 N–H and O–H groups in total. The molecule has 29 heavy (non-hydrogen) atoms. The van der Waals surface area contributed by atoms with Gasteiger partial charge in [-0.3, -0.25) is 4.79 Å². The molecule has 5 heteroatoms. The quantitative estimate of drug-likeness (QED) is 0.735. The molecule has 0 aliphatic carbocycles. The Labute approximate surface area is 176 Å². The summed E-state index contributed by atoms with van der Waals surface area (Å²) in [5.41, 5.74) is 2.63. The first kappa shape index (κ1) is 24.6. The molecule has 1 aromatic carbocycles. The predicted octanol–water partition coefficient (Wildman–Crippen LogP) is 5.37. The van der Waals surface area contributed by atoms with Crippen LogP contribution in [0.4, 0.5) is 11.5 Å². The zero-order valence-corrected chi connectivity index (χ0v) is 18.9. The van der Waals surface area contributed by atoms with Gasteiger partial charge in [-0.25, -0.2) is 4.98 Å². The Hall–Kier alpha value is -2.40. The molecule has 0 radical (unpaired) electrons. The smallest absolute Gasteiger partial charge is 0.253 e. The Kier molecular flexibility index (Phi) is 11.7. The van der Waals surface area contributed by atoms with Crippen molar-refractivity contribution in [1.29, 1.82) is 0 Å². The molecule has 1 aliphatic rings. The van der Waals surface area contributed by atoms with E-state index in [4.69, 9.17) is 4.74 Å². The molecule has 2 heterocycles. The number of anilines is 2. The fraction of sp³-hybridized carbons (Fsp3) is 0.500. The Morgan fingerprint density at radius 2 is 1.76 bits per heavy atom. The number of carbonyl (C=O) groups is 1. The molecule has 5 nitrogen and oxygen atoms in total. The molecule has 0 bridgehead atoms. The number of ether oxygens (including phenoxy) is 1. The summed E-state index contributed by atoms with van der Waals surface area (Å²) >= 11 is 0. The van der Waals surface area contributed by atoms with E-state index < -0.39 is 0 Å². The van der Waals surface area contributed by atoms with E-state index in [0.29, 0.717) is 18.0 Å². The normalized spacial score (nSPS) is 13.3. The minimum Gasteiger partial charge on any atom is -0.381 e. The van der Waals surface area contributed by atoms with Crippen molar-refractivity contribution in [3.8, 4) is 0 Å². The molecule has 0 unspecified atom stereocenters. The fourth-order valence-electron chi connectivity index (χ4n) is 3.03. The van der Waals surface area contributed by atoms with E-state index in [2.05, 4.69) is 10.3 Å². The number of carbonyl (C=O) groups excluding carboxylic acids is 1. The molecule has 1 fully saturated rings. The van der Waals surface area contributed by atoms with Crippen LogP contribution in [-0.2, 0) is 4.74 Å². The molecule has 0 saturated carbocycles. The SMILES string of the molecule is CC.CC.Cc1cc(N(C)c2ccccc2)ncc1C(=O)NCC1CCOCC1. The molecular weight excluding hydrogens is 362 g/mol. The summed E-state index contributed by atoms with van der Waals surface area (Å²) in [6.07, 6.45) is 3.69. The van der Waals surface area contributed by atoms with E-state index in [0.717, 1.165) is 43.1 Å². The second-order valence-electron chi connectivity index (χ2n) is 6.52. The lowest BCUT2D eigenvalue weighted by Gasteiger charge is -2.22. The first-order valence-corrected chi connectivity index (χ1v) is 10.8. The van der Waals surface area contributed by atoms with Crippen LogP contribution in [0, 0.1) is 12.8 Å². The van der Waals surface area contributed by atoms with Gasteiger partial charge in [0.15, 0.2) is 0 Å². The number of para-hydroxylation sites is 1. The molecule has 1 aromatic heterocycles. The van der Waals surface area contributed by atoms with Crippen molar-refractivity contribution >= 4 is 17.4 Å². The Balaban J connectivity index is 0.000000989. The topological polar surface area (TPSA) is 54.5 Å². The Morgan fingerprint density at radius 1 is 1.14 bits per heavy atom. The van der Waals surface area contributed by atoms with Crippen LogP contribution < -0.4 is 10.2 Å². The molecule has 0 atom stereocenters. The minimum absolute atomic E-state index is 0.0505. The number of benzene rings is 1. The summed E-state index contributed by atoms with van der Waals surface area (Å²) in [4.78, 5) is 19.0. The first-order valence-electron chi connectivity index (χ1n) is 10.8. The number of nitrogens with zero attached hydrogens (tertiary/aromatic N) is 2. The van der Waals surface area contributed by atoms with Crippen molar-refractivity contribution in [2.75, 3.05) is 31.7 Å². The van der Waals surface area contributed by atoms with E-state index in [1.165, 1.54) is 0 Å². The summed E-state index contributed by atoms with van der Waals surface area (Å²) in [7, 11) is 1.97. The zero-order chi connectivity index (χ0) is 21.6. The van der Waals surface area contributed by atoms with Gasteiger partial charge in [-0.1, -0.05) is 45.9 Å².